The molecular formula is C13H10Cl2O3. The van der Waals surface area contributed by atoms with E-state index < -0.39 is 0 Å². The monoisotopic (exact) mass is 284 g/mol. The van der Waals surface area contributed by atoms with Gasteiger partial charge in [-0.2, -0.15) is 0 Å². The van der Waals surface area contributed by atoms with Gasteiger partial charge in [0.05, 0.1) is 22.7 Å². The number of carbonyl (C=O) groups is 1. The van der Waals surface area contributed by atoms with E-state index in [0.717, 1.165) is 0 Å². The molecule has 0 saturated carbocycles. The molecule has 1 aromatic heterocycles. The summed E-state index contributed by atoms with van der Waals surface area (Å²) in [5.74, 6) is 0.858. The normalized spacial score (nSPS) is 10.4. The van der Waals surface area contributed by atoms with Crippen LogP contribution in [0.5, 0.6) is 5.75 Å². The zero-order valence-corrected chi connectivity index (χ0v) is 11.3. The number of methoxy groups -OCH3 is 1. The van der Waals surface area contributed by atoms with Gasteiger partial charge in [0.25, 0.3) is 0 Å². The minimum atomic E-state index is -0.235. The van der Waals surface area contributed by atoms with Crippen LogP contribution in [-0.2, 0) is 0 Å². The summed E-state index contributed by atoms with van der Waals surface area (Å²) in [6, 6.07) is 4.66. The topological polar surface area (TPSA) is 39.4 Å². The molecule has 0 radical (unpaired) electrons. The molecule has 18 heavy (non-hydrogen) atoms. The second-order valence-corrected chi connectivity index (χ2v) is 4.56. The van der Waals surface area contributed by atoms with E-state index in [0.29, 0.717) is 32.7 Å². The Hall–Kier alpha value is -1.45. The van der Waals surface area contributed by atoms with Crippen molar-refractivity contribution in [2.75, 3.05) is 7.11 Å². The number of ether oxygens (including phenoxy) is 1. The molecule has 0 aliphatic heterocycles. The van der Waals surface area contributed by atoms with Crippen LogP contribution in [-0.4, -0.2) is 12.9 Å². The third-order valence-electron chi connectivity index (χ3n) is 2.48. The average molecular weight is 285 g/mol. The highest BCUT2D eigenvalue weighted by Gasteiger charge is 2.17. The summed E-state index contributed by atoms with van der Waals surface area (Å²) in [6.07, 6.45) is 1.39. The van der Waals surface area contributed by atoms with Crippen molar-refractivity contribution in [2.45, 2.75) is 6.92 Å². The van der Waals surface area contributed by atoms with Gasteiger partial charge in [-0.1, -0.05) is 23.2 Å². The zero-order valence-electron chi connectivity index (χ0n) is 9.79. The third kappa shape index (κ3) is 2.37. The maximum absolute atomic E-state index is 12.2. The average Bonchev–Trinajstić information content (AvgIpc) is 2.77. The van der Waals surface area contributed by atoms with Crippen LogP contribution in [0.25, 0.3) is 0 Å². The number of ketones is 1. The standard InChI is InChI=1S/C13H10Cl2O3/c1-7-3-8(6-18-7)13(16)9-4-11(15)12(17-2)5-10(9)14/h3-6H,1-2H3. The maximum atomic E-state index is 12.2. The molecule has 94 valence electrons. The fraction of sp³-hybridized carbons (Fsp3) is 0.154. The molecule has 0 aliphatic carbocycles. The van der Waals surface area contributed by atoms with Gasteiger partial charge in [-0.15, -0.1) is 0 Å². The Labute approximate surface area is 114 Å². The molecule has 0 fully saturated rings. The number of benzene rings is 1. The van der Waals surface area contributed by atoms with Crippen molar-refractivity contribution in [1.82, 2.24) is 0 Å². The van der Waals surface area contributed by atoms with Gasteiger partial charge in [-0.05, 0) is 19.1 Å². The first-order chi connectivity index (χ1) is 8.52. The van der Waals surface area contributed by atoms with Gasteiger partial charge in [0.1, 0.15) is 17.8 Å². The van der Waals surface area contributed by atoms with Crippen LogP contribution in [0, 0.1) is 6.92 Å². The molecule has 0 unspecified atom stereocenters. The molecule has 2 aromatic rings. The first-order valence-electron chi connectivity index (χ1n) is 5.16. The lowest BCUT2D eigenvalue weighted by atomic mass is 10.1. The van der Waals surface area contributed by atoms with Crippen molar-refractivity contribution in [2.24, 2.45) is 0 Å². The number of rotatable bonds is 3. The fourth-order valence-electron chi connectivity index (χ4n) is 1.58. The Kier molecular flexibility index (Phi) is 3.64. The molecule has 0 saturated heterocycles. The lowest BCUT2D eigenvalue weighted by Crippen LogP contribution is -2.01. The molecule has 0 bridgehead atoms. The van der Waals surface area contributed by atoms with Crippen molar-refractivity contribution in [1.29, 1.82) is 0 Å². The lowest BCUT2D eigenvalue weighted by molar-refractivity contribution is 0.103. The quantitative estimate of drug-likeness (QED) is 0.796. The minimum Gasteiger partial charge on any atom is -0.495 e. The SMILES string of the molecule is COc1cc(Cl)c(C(=O)c2coc(C)c2)cc1Cl. The number of furan rings is 1. The summed E-state index contributed by atoms with van der Waals surface area (Å²) in [5, 5.41) is 0.630. The molecule has 3 nitrogen and oxygen atoms in total. The van der Waals surface area contributed by atoms with Crippen molar-refractivity contribution in [3.63, 3.8) is 0 Å². The molecule has 0 aliphatic rings. The van der Waals surface area contributed by atoms with Crippen molar-refractivity contribution >= 4 is 29.0 Å². The molecule has 1 heterocycles. The van der Waals surface area contributed by atoms with Crippen LogP contribution in [0.2, 0.25) is 10.0 Å². The van der Waals surface area contributed by atoms with Crippen LogP contribution in [0.4, 0.5) is 0 Å². The predicted molar refractivity (Wildman–Crippen MR) is 69.9 cm³/mol. The highest BCUT2D eigenvalue weighted by molar-refractivity contribution is 6.37. The zero-order chi connectivity index (χ0) is 13.3. The van der Waals surface area contributed by atoms with Gasteiger partial charge >= 0.3 is 0 Å². The highest BCUT2D eigenvalue weighted by Crippen LogP contribution is 2.32. The van der Waals surface area contributed by atoms with E-state index in [1.165, 1.54) is 25.5 Å². The molecule has 0 spiro atoms. The second-order valence-electron chi connectivity index (χ2n) is 3.74. The molecule has 0 N–H and O–H groups in total. The van der Waals surface area contributed by atoms with Gasteiger partial charge in [0.15, 0.2) is 5.78 Å². The van der Waals surface area contributed by atoms with E-state index in [9.17, 15) is 4.79 Å². The largest absolute Gasteiger partial charge is 0.495 e. The first kappa shape index (κ1) is 13.0. The van der Waals surface area contributed by atoms with Gasteiger partial charge in [0, 0.05) is 11.6 Å². The first-order valence-corrected chi connectivity index (χ1v) is 5.91. The lowest BCUT2D eigenvalue weighted by Gasteiger charge is -2.07. The van der Waals surface area contributed by atoms with Crippen LogP contribution >= 0.6 is 23.2 Å². The summed E-state index contributed by atoms with van der Waals surface area (Å²) in [4.78, 5) is 12.2. The van der Waals surface area contributed by atoms with Crippen molar-refractivity contribution < 1.29 is 13.9 Å². The fourth-order valence-corrected chi connectivity index (χ4v) is 2.06. The van der Waals surface area contributed by atoms with Gasteiger partial charge < -0.3 is 9.15 Å². The van der Waals surface area contributed by atoms with E-state index in [1.807, 2.05) is 0 Å². The summed E-state index contributed by atoms with van der Waals surface area (Å²) in [6.45, 7) is 1.76. The number of carbonyl (C=O) groups excluding carboxylic acids is 1. The van der Waals surface area contributed by atoms with Crippen molar-refractivity contribution in [3.8, 4) is 5.75 Å². The van der Waals surface area contributed by atoms with E-state index >= 15 is 0 Å². The Morgan fingerprint density at radius 2 is 1.94 bits per heavy atom. The molecule has 0 atom stereocenters. The Balaban J connectivity index is 2.45. The van der Waals surface area contributed by atoms with E-state index in [2.05, 4.69) is 0 Å². The maximum Gasteiger partial charge on any atom is 0.197 e. The van der Waals surface area contributed by atoms with Crippen LogP contribution < -0.4 is 4.74 Å². The number of halogens is 2. The summed E-state index contributed by atoms with van der Waals surface area (Å²) in [5.41, 5.74) is 0.763. The Morgan fingerprint density at radius 1 is 1.22 bits per heavy atom. The summed E-state index contributed by atoms with van der Waals surface area (Å²) >= 11 is 12.0. The minimum absolute atomic E-state index is 0.235. The van der Waals surface area contributed by atoms with Crippen LogP contribution in [0.1, 0.15) is 21.7 Å². The summed E-state index contributed by atoms with van der Waals surface area (Å²) < 4.78 is 10.1. The Morgan fingerprint density at radius 3 is 2.50 bits per heavy atom. The van der Waals surface area contributed by atoms with Crippen LogP contribution in [0.15, 0.2) is 28.9 Å². The number of aryl methyl sites for hydroxylation is 1. The van der Waals surface area contributed by atoms with Gasteiger partial charge in [-0.3, -0.25) is 4.79 Å². The molecule has 2 rings (SSSR count). The number of hydrogen-bond acceptors (Lipinski definition) is 3. The second kappa shape index (κ2) is 5.04. The predicted octanol–water partition coefficient (Wildman–Crippen LogP) is 4.13. The smallest absolute Gasteiger partial charge is 0.197 e. The molecule has 5 heteroatoms. The van der Waals surface area contributed by atoms with E-state index in [-0.39, 0.29) is 5.78 Å². The summed E-state index contributed by atoms with van der Waals surface area (Å²) in [7, 11) is 1.48. The molecule has 1 aromatic carbocycles. The molecule has 0 amide bonds. The van der Waals surface area contributed by atoms with E-state index in [4.69, 9.17) is 32.4 Å². The van der Waals surface area contributed by atoms with Gasteiger partial charge in [0.2, 0.25) is 0 Å². The highest BCUT2D eigenvalue weighted by atomic mass is 35.5. The van der Waals surface area contributed by atoms with E-state index in [1.54, 1.807) is 13.0 Å². The number of hydrogen-bond donors (Lipinski definition) is 0. The van der Waals surface area contributed by atoms with Crippen molar-refractivity contribution in [3.05, 3.63) is 51.4 Å². The van der Waals surface area contributed by atoms with Gasteiger partial charge in [-0.25, -0.2) is 0 Å². The Bertz CT molecular complexity index is 602. The third-order valence-corrected chi connectivity index (χ3v) is 3.09. The van der Waals surface area contributed by atoms with Crippen LogP contribution in [0.3, 0.4) is 0 Å². The molecular weight excluding hydrogens is 275 g/mol.